The van der Waals surface area contributed by atoms with Crippen LogP contribution in [0.4, 0.5) is 0 Å². The Bertz CT molecular complexity index is 273. The first-order chi connectivity index (χ1) is 6.65. The monoisotopic (exact) mass is 339 g/mol. The maximum atomic E-state index is 3.55. The van der Waals surface area contributed by atoms with Crippen molar-refractivity contribution in [1.82, 2.24) is 5.32 Å². The van der Waals surface area contributed by atoms with Crippen LogP contribution in [0.1, 0.15) is 18.7 Å². The van der Waals surface area contributed by atoms with Crippen LogP contribution in [0.2, 0.25) is 0 Å². The van der Waals surface area contributed by atoms with Crippen molar-refractivity contribution in [2.45, 2.75) is 26.4 Å². The molecule has 80 valence electrons. The van der Waals surface area contributed by atoms with Crippen molar-refractivity contribution in [2.75, 3.05) is 5.33 Å². The Labute approximate surface area is 107 Å². The summed E-state index contributed by atoms with van der Waals surface area (Å²) in [6, 6.07) is 2.64. The first-order valence-corrected chi connectivity index (χ1v) is 7.45. The number of halogens is 2. The van der Waals surface area contributed by atoms with E-state index in [1.165, 1.54) is 9.35 Å². The molecule has 1 atom stereocenters. The number of hydrogen-bond donors (Lipinski definition) is 1. The average molecular weight is 341 g/mol. The Hall–Kier alpha value is 0.620. The van der Waals surface area contributed by atoms with E-state index in [-0.39, 0.29) is 0 Å². The van der Waals surface area contributed by atoms with E-state index < -0.39 is 0 Å². The third kappa shape index (κ3) is 3.65. The topological polar surface area (TPSA) is 12.0 Å². The summed E-state index contributed by atoms with van der Waals surface area (Å²) in [5.41, 5.74) is 0. The number of nitrogens with one attached hydrogen (secondary N) is 1. The van der Waals surface area contributed by atoms with Gasteiger partial charge in [0.15, 0.2) is 0 Å². The van der Waals surface area contributed by atoms with Crippen molar-refractivity contribution in [3.8, 4) is 0 Å². The maximum absolute atomic E-state index is 3.55. The van der Waals surface area contributed by atoms with Crippen molar-refractivity contribution in [2.24, 2.45) is 5.92 Å². The molecule has 0 radical (unpaired) electrons. The van der Waals surface area contributed by atoms with Crippen LogP contribution in [0.25, 0.3) is 0 Å². The predicted octanol–water partition coefficient (Wildman–Crippen LogP) is 4.02. The lowest BCUT2D eigenvalue weighted by atomic mass is 10.1. The van der Waals surface area contributed by atoms with Gasteiger partial charge in [-0.15, -0.1) is 11.3 Å². The van der Waals surface area contributed by atoms with Gasteiger partial charge in [0.05, 0.1) is 0 Å². The minimum Gasteiger partial charge on any atom is -0.308 e. The Morgan fingerprint density at radius 2 is 2.21 bits per heavy atom. The third-order valence-electron chi connectivity index (χ3n) is 2.19. The van der Waals surface area contributed by atoms with Gasteiger partial charge in [-0.1, -0.05) is 29.8 Å². The SMILES string of the molecule is CC(C)C(CBr)NCc1sccc1Br. The molecule has 14 heavy (non-hydrogen) atoms. The van der Waals surface area contributed by atoms with Gasteiger partial charge < -0.3 is 5.32 Å². The number of hydrogen-bond acceptors (Lipinski definition) is 2. The highest BCUT2D eigenvalue weighted by molar-refractivity contribution is 9.10. The summed E-state index contributed by atoms with van der Waals surface area (Å²) in [5, 5.41) is 6.66. The molecule has 1 rings (SSSR count). The molecule has 0 fully saturated rings. The lowest BCUT2D eigenvalue weighted by molar-refractivity contribution is 0.435. The minimum absolute atomic E-state index is 0.545. The van der Waals surface area contributed by atoms with Crippen LogP contribution in [0.5, 0.6) is 0 Å². The summed E-state index contributed by atoms with van der Waals surface area (Å²) in [5.74, 6) is 0.660. The molecule has 4 heteroatoms. The number of thiophene rings is 1. The fourth-order valence-corrected chi connectivity index (χ4v) is 3.56. The Morgan fingerprint density at radius 1 is 1.50 bits per heavy atom. The Kier molecular flexibility index (Phi) is 5.67. The van der Waals surface area contributed by atoms with Crippen LogP contribution in [0, 0.1) is 5.92 Å². The van der Waals surface area contributed by atoms with Crippen LogP contribution in [-0.4, -0.2) is 11.4 Å². The number of rotatable bonds is 5. The fraction of sp³-hybridized carbons (Fsp3) is 0.600. The van der Waals surface area contributed by atoms with E-state index in [1.807, 2.05) is 0 Å². The molecule has 0 spiro atoms. The first kappa shape index (κ1) is 12.7. The zero-order valence-electron chi connectivity index (χ0n) is 8.39. The highest BCUT2D eigenvalue weighted by atomic mass is 79.9. The van der Waals surface area contributed by atoms with Crippen LogP contribution in [-0.2, 0) is 6.54 Å². The van der Waals surface area contributed by atoms with Crippen molar-refractivity contribution in [1.29, 1.82) is 0 Å². The minimum atomic E-state index is 0.545. The van der Waals surface area contributed by atoms with Gasteiger partial charge in [0, 0.05) is 27.3 Å². The van der Waals surface area contributed by atoms with Crippen molar-refractivity contribution >= 4 is 43.2 Å². The lowest BCUT2D eigenvalue weighted by Crippen LogP contribution is -2.34. The van der Waals surface area contributed by atoms with Gasteiger partial charge in [-0.2, -0.15) is 0 Å². The van der Waals surface area contributed by atoms with E-state index in [0.29, 0.717) is 12.0 Å². The molecule has 1 unspecified atom stereocenters. The Morgan fingerprint density at radius 3 is 2.64 bits per heavy atom. The van der Waals surface area contributed by atoms with E-state index in [9.17, 15) is 0 Å². The normalized spacial score (nSPS) is 13.5. The summed E-state index contributed by atoms with van der Waals surface area (Å²) in [4.78, 5) is 1.37. The second kappa shape index (κ2) is 6.26. The second-order valence-corrected chi connectivity index (χ2v) is 6.08. The quantitative estimate of drug-likeness (QED) is 0.798. The van der Waals surface area contributed by atoms with Gasteiger partial charge in [-0.05, 0) is 33.3 Å². The van der Waals surface area contributed by atoms with Gasteiger partial charge in [0.1, 0.15) is 0 Å². The zero-order valence-corrected chi connectivity index (χ0v) is 12.4. The molecule has 1 aromatic rings. The number of alkyl halides is 1. The van der Waals surface area contributed by atoms with E-state index in [0.717, 1.165) is 11.9 Å². The van der Waals surface area contributed by atoms with Crippen LogP contribution >= 0.6 is 43.2 Å². The predicted molar refractivity (Wildman–Crippen MR) is 71.3 cm³/mol. The molecule has 0 saturated heterocycles. The lowest BCUT2D eigenvalue weighted by Gasteiger charge is -2.19. The molecule has 1 nitrogen and oxygen atoms in total. The van der Waals surface area contributed by atoms with E-state index >= 15 is 0 Å². The summed E-state index contributed by atoms with van der Waals surface area (Å²) < 4.78 is 1.21. The third-order valence-corrected chi connectivity index (χ3v) is 4.81. The van der Waals surface area contributed by atoms with Gasteiger partial charge in [-0.25, -0.2) is 0 Å². The summed E-state index contributed by atoms with van der Waals surface area (Å²) in [6.45, 7) is 5.43. The Balaban J connectivity index is 2.43. The molecular weight excluding hydrogens is 326 g/mol. The van der Waals surface area contributed by atoms with Crippen molar-refractivity contribution in [3.05, 3.63) is 20.8 Å². The van der Waals surface area contributed by atoms with Crippen LogP contribution in [0.3, 0.4) is 0 Å². The largest absolute Gasteiger partial charge is 0.308 e. The summed E-state index contributed by atoms with van der Waals surface area (Å²) in [6.07, 6.45) is 0. The summed E-state index contributed by atoms with van der Waals surface area (Å²) in [7, 11) is 0. The maximum Gasteiger partial charge on any atom is 0.0327 e. The highest BCUT2D eigenvalue weighted by Crippen LogP contribution is 2.22. The first-order valence-electron chi connectivity index (χ1n) is 4.66. The zero-order chi connectivity index (χ0) is 10.6. The van der Waals surface area contributed by atoms with Gasteiger partial charge >= 0.3 is 0 Å². The molecule has 1 heterocycles. The van der Waals surface area contributed by atoms with Crippen LogP contribution < -0.4 is 5.32 Å². The van der Waals surface area contributed by atoms with Crippen molar-refractivity contribution < 1.29 is 0 Å². The highest BCUT2D eigenvalue weighted by Gasteiger charge is 2.11. The van der Waals surface area contributed by atoms with Gasteiger partial charge in [0.2, 0.25) is 0 Å². The molecule has 1 aromatic heterocycles. The molecule has 0 aliphatic heterocycles. The molecule has 0 aliphatic carbocycles. The van der Waals surface area contributed by atoms with E-state index in [2.05, 4.69) is 62.5 Å². The molecule has 0 saturated carbocycles. The smallest absolute Gasteiger partial charge is 0.0327 e. The van der Waals surface area contributed by atoms with E-state index in [1.54, 1.807) is 11.3 Å². The van der Waals surface area contributed by atoms with E-state index in [4.69, 9.17) is 0 Å². The van der Waals surface area contributed by atoms with Gasteiger partial charge in [0.25, 0.3) is 0 Å². The van der Waals surface area contributed by atoms with Crippen molar-refractivity contribution in [3.63, 3.8) is 0 Å². The van der Waals surface area contributed by atoms with Gasteiger partial charge in [-0.3, -0.25) is 0 Å². The molecule has 1 N–H and O–H groups in total. The summed E-state index contributed by atoms with van der Waals surface area (Å²) >= 11 is 8.85. The molecule has 0 aromatic carbocycles. The molecule has 0 aliphatic rings. The second-order valence-electron chi connectivity index (χ2n) is 3.58. The molecule has 0 amide bonds. The fourth-order valence-electron chi connectivity index (χ4n) is 1.14. The van der Waals surface area contributed by atoms with Crippen LogP contribution in [0.15, 0.2) is 15.9 Å². The molecule has 0 bridgehead atoms. The average Bonchev–Trinajstić information content (AvgIpc) is 2.52. The standard InChI is InChI=1S/C10H15Br2NS/c1-7(2)9(5-11)13-6-10-8(12)3-4-14-10/h3-4,7,9,13H,5-6H2,1-2H3. The molecular formula is C10H15Br2NS.